The molecule has 0 saturated heterocycles. The minimum absolute atomic E-state index is 0.518. The zero-order valence-corrected chi connectivity index (χ0v) is 10.9. The summed E-state index contributed by atoms with van der Waals surface area (Å²) in [5, 5.41) is 3.83. The van der Waals surface area contributed by atoms with Gasteiger partial charge in [0.2, 0.25) is 0 Å². The molecule has 1 aliphatic carbocycles. The third-order valence-electron chi connectivity index (χ3n) is 2.77. The third-order valence-corrected chi connectivity index (χ3v) is 3.13. The Morgan fingerprint density at radius 1 is 1.41 bits per heavy atom. The van der Waals surface area contributed by atoms with Crippen molar-refractivity contribution in [2.24, 2.45) is 0 Å². The van der Waals surface area contributed by atoms with Gasteiger partial charge in [-0.05, 0) is 26.7 Å². The Kier molecular flexibility index (Phi) is 3.86. The van der Waals surface area contributed by atoms with Gasteiger partial charge in [0.25, 0.3) is 0 Å². The molecule has 0 aromatic carbocycles. The highest BCUT2D eigenvalue weighted by Crippen LogP contribution is 2.39. The van der Waals surface area contributed by atoms with Crippen molar-refractivity contribution in [1.29, 1.82) is 0 Å². The number of hydrogen-bond acceptors (Lipinski definition) is 3. The van der Waals surface area contributed by atoms with E-state index < -0.39 is 0 Å². The number of hydrogen-bond donors (Lipinski definition) is 1. The number of nitrogens with zero attached hydrogens (tertiary/aromatic N) is 2. The van der Waals surface area contributed by atoms with Gasteiger partial charge in [0.15, 0.2) is 0 Å². The lowest BCUT2D eigenvalue weighted by atomic mass is 10.3. The van der Waals surface area contributed by atoms with Gasteiger partial charge in [0.1, 0.15) is 16.8 Å². The predicted octanol–water partition coefficient (Wildman–Crippen LogP) is 3.14. The molecule has 1 aliphatic rings. The molecule has 17 heavy (non-hydrogen) atoms. The van der Waals surface area contributed by atoms with Crippen LogP contribution in [0.1, 0.15) is 43.5 Å². The standard InChI is InChI=1S/C13H16ClN3/c1-3-4-5-8-15-12-9(2)11(14)16-13(17-12)10-6-7-10/h10H,5-8H2,1-2H3,(H,15,16,17). The maximum atomic E-state index is 6.11. The Balaban J connectivity index is 2.10. The fraction of sp³-hybridized carbons (Fsp3) is 0.538. The lowest BCUT2D eigenvalue weighted by Gasteiger charge is -2.10. The SMILES string of the molecule is CC#CCCNc1nc(C2CC2)nc(Cl)c1C. The Bertz CT molecular complexity index is 470. The second-order valence-electron chi connectivity index (χ2n) is 4.22. The average molecular weight is 250 g/mol. The number of anilines is 1. The van der Waals surface area contributed by atoms with Crippen molar-refractivity contribution in [2.75, 3.05) is 11.9 Å². The van der Waals surface area contributed by atoms with E-state index in [2.05, 4.69) is 27.1 Å². The first-order chi connectivity index (χ1) is 8.22. The second kappa shape index (κ2) is 5.37. The van der Waals surface area contributed by atoms with Crippen molar-refractivity contribution >= 4 is 17.4 Å². The van der Waals surface area contributed by atoms with Crippen LogP contribution in [-0.2, 0) is 0 Å². The van der Waals surface area contributed by atoms with Crippen LogP contribution in [0, 0.1) is 18.8 Å². The Morgan fingerprint density at radius 3 is 2.82 bits per heavy atom. The molecule has 0 spiro atoms. The fourth-order valence-corrected chi connectivity index (χ4v) is 1.75. The maximum Gasteiger partial charge on any atom is 0.137 e. The largest absolute Gasteiger partial charge is 0.369 e. The molecule has 1 saturated carbocycles. The van der Waals surface area contributed by atoms with Crippen LogP contribution in [0.15, 0.2) is 0 Å². The first kappa shape index (κ1) is 12.2. The zero-order chi connectivity index (χ0) is 12.3. The average Bonchev–Trinajstić information content (AvgIpc) is 3.13. The lowest BCUT2D eigenvalue weighted by Crippen LogP contribution is -2.07. The van der Waals surface area contributed by atoms with E-state index in [1.54, 1.807) is 0 Å². The van der Waals surface area contributed by atoms with Crippen molar-refractivity contribution in [1.82, 2.24) is 9.97 Å². The van der Waals surface area contributed by atoms with E-state index >= 15 is 0 Å². The summed E-state index contributed by atoms with van der Waals surface area (Å²) in [5.41, 5.74) is 0.917. The molecule has 1 aromatic heterocycles. The van der Waals surface area contributed by atoms with Gasteiger partial charge in [-0.3, -0.25) is 0 Å². The summed E-state index contributed by atoms with van der Waals surface area (Å²) in [6.07, 6.45) is 3.18. The number of rotatable bonds is 4. The molecular weight excluding hydrogens is 234 g/mol. The summed E-state index contributed by atoms with van der Waals surface area (Å²) in [6.45, 7) is 4.57. The van der Waals surface area contributed by atoms with E-state index in [0.29, 0.717) is 11.1 Å². The van der Waals surface area contributed by atoms with Crippen LogP contribution in [-0.4, -0.2) is 16.5 Å². The highest BCUT2D eigenvalue weighted by Gasteiger charge is 2.27. The number of nitrogens with one attached hydrogen (secondary N) is 1. The molecule has 1 N–H and O–H groups in total. The first-order valence-corrected chi connectivity index (χ1v) is 6.27. The smallest absolute Gasteiger partial charge is 0.137 e. The first-order valence-electron chi connectivity index (χ1n) is 5.90. The van der Waals surface area contributed by atoms with Gasteiger partial charge in [0.05, 0.1) is 0 Å². The monoisotopic (exact) mass is 249 g/mol. The molecule has 0 radical (unpaired) electrons. The molecule has 0 bridgehead atoms. The normalized spacial score (nSPS) is 14.1. The van der Waals surface area contributed by atoms with Crippen molar-refractivity contribution in [2.45, 2.75) is 39.0 Å². The quantitative estimate of drug-likeness (QED) is 0.506. The Hall–Kier alpha value is -1.27. The van der Waals surface area contributed by atoms with E-state index in [0.717, 1.165) is 30.2 Å². The fourth-order valence-electron chi connectivity index (χ4n) is 1.57. The highest BCUT2D eigenvalue weighted by molar-refractivity contribution is 6.30. The molecule has 0 unspecified atom stereocenters. The minimum Gasteiger partial charge on any atom is -0.369 e. The molecule has 0 amide bonds. The summed E-state index contributed by atoms with van der Waals surface area (Å²) in [4.78, 5) is 8.86. The van der Waals surface area contributed by atoms with Gasteiger partial charge in [-0.15, -0.1) is 11.8 Å². The third kappa shape index (κ3) is 3.10. The van der Waals surface area contributed by atoms with Gasteiger partial charge in [0, 0.05) is 24.4 Å². The lowest BCUT2D eigenvalue weighted by molar-refractivity contribution is 0.911. The molecule has 2 rings (SSSR count). The summed E-state index contributed by atoms with van der Waals surface area (Å²) < 4.78 is 0. The molecule has 3 nitrogen and oxygen atoms in total. The molecule has 1 heterocycles. The number of halogens is 1. The summed E-state index contributed by atoms with van der Waals surface area (Å²) in [7, 11) is 0. The van der Waals surface area contributed by atoms with Crippen LogP contribution in [0.4, 0.5) is 5.82 Å². The van der Waals surface area contributed by atoms with Gasteiger partial charge in [-0.1, -0.05) is 11.6 Å². The molecule has 1 fully saturated rings. The van der Waals surface area contributed by atoms with Crippen molar-refractivity contribution in [3.63, 3.8) is 0 Å². The molecule has 4 heteroatoms. The number of aromatic nitrogens is 2. The van der Waals surface area contributed by atoms with E-state index in [1.165, 1.54) is 12.8 Å². The second-order valence-corrected chi connectivity index (χ2v) is 4.58. The summed E-state index contributed by atoms with van der Waals surface area (Å²) >= 11 is 6.11. The van der Waals surface area contributed by atoms with E-state index in [9.17, 15) is 0 Å². The zero-order valence-electron chi connectivity index (χ0n) is 10.2. The van der Waals surface area contributed by atoms with Crippen LogP contribution in [0.3, 0.4) is 0 Å². The molecule has 0 aliphatic heterocycles. The molecular formula is C13H16ClN3. The van der Waals surface area contributed by atoms with Gasteiger partial charge in [-0.25, -0.2) is 9.97 Å². The predicted molar refractivity (Wildman–Crippen MR) is 70.3 cm³/mol. The molecule has 1 aromatic rings. The van der Waals surface area contributed by atoms with Crippen LogP contribution in [0.2, 0.25) is 5.15 Å². The van der Waals surface area contributed by atoms with E-state index in [1.807, 2.05) is 13.8 Å². The topological polar surface area (TPSA) is 37.8 Å². The Morgan fingerprint density at radius 2 is 2.18 bits per heavy atom. The van der Waals surface area contributed by atoms with E-state index in [4.69, 9.17) is 11.6 Å². The van der Waals surface area contributed by atoms with Crippen LogP contribution >= 0.6 is 11.6 Å². The van der Waals surface area contributed by atoms with Gasteiger partial charge < -0.3 is 5.32 Å². The molecule has 0 atom stereocenters. The van der Waals surface area contributed by atoms with Crippen molar-refractivity contribution < 1.29 is 0 Å². The highest BCUT2D eigenvalue weighted by atomic mass is 35.5. The van der Waals surface area contributed by atoms with E-state index in [-0.39, 0.29) is 0 Å². The van der Waals surface area contributed by atoms with Crippen molar-refractivity contribution in [3.05, 3.63) is 16.5 Å². The van der Waals surface area contributed by atoms with Crippen LogP contribution in [0.25, 0.3) is 0 Å². The van der Waals surface area contributed by atoms with Gasteiger partial charge >= 0.3 is 0 Å². The minimum atomic E-state index is 0.518. The van der Waals surface area contributed by atoms with Crippen LogP contribution < -0.4 is 5.32 Å². The summed E-state index contributed by atoms with van der Waals surface area (Å²) in [6, 6.07) is 0. The molecule has 90 valence electrons. The van der Waals surface area contributed by atoms with Crippen LogP contribution in [0.5, 0.6) is 0 Å². The van der Waals surface area contributed by atoms with Crippen molar-refractivity contribution in [3.8, 4) is 11.8 Å². The Labute approximate surface area is 107 Å². The summed E-state index contributed by atoms with van der Waals surface area (Å²) in [5.74, 6) is 8.13. The maximum absolute atomic E-state index is 6.11. The van der Waals surface area contributed by atoms with Gasteiger partial charge in [-0.2, -0.15) is 0 Å².